The van der Waals surface area contributed by atoms with Gasteiger partial charge in [-0.05, 0) is 30.2 Å². The number of carbonyl (C=O) groups excluding carboxylic acids is 2. The van der Waals surface area contributed by atoms with Gasteiger partial charge in [0.05, 0.1) is 43.6 Å². The number of hydrogen-bond donors (Lipinski definition) is 0. The molecule has 2 atom stereocenters. The predicted molar refractivity (Wildman–Crippen MR) is 115 cm³/mol. The molecule has 7 nitrogen and oxygen atoms in total. The Morgan fingerprint density at radius 2 is 1.82 bits per heavy atom. The van der Waals surface area contributed by atoms with Crippen LogP contribution in [0.3, 0.4) is 0 Å². The summed E-state index contributed by atoms with van der Waals surface area (Å²) in [6, 6.07) is 10.8. The Kier molecular flexibility index (Phi) is 5.51. The van der Waals surface area contributed by atoms with Crippen LogP contribution in [-0.4, -0.2) is 39.3 Å². The van der Waals surface area contributed by atoms with Crippen LogP contribution >= 0.6 is 0 Å². The normalized spacial score (nSPS) is 19.8. The van der Waals surface area contributed by atoms with Gasteiger partial charge in [0.1, 0.15) is 6.10 Å². The summed E-state index contributed by atoms with van der Waals surface area (Å²) in [5, 5.41) is 4.38. The van der Waals surface area contributed by atoms with Gasteiger partial charge in [-0.25, -0.2) is 18.0 Å². The molecule has 2 aromatic carbocycles. The second-order valence-electron chi connectivity index (χ2n) is 8.47. The van der Waals surface area contributed by atoms with Crippen molar-refractivity contribution >= 4 is 17.7 Å². The Morgan fingerprint density at radius 3 is 2.53 bits per heavy atom. The Balaban J connectivity index is 1.36. The number of fused-ring (bicyclic) bond motifs is 1. The second-order valence-corrected chi connectivity index (χ2v) is 8.47. The van der Waals surface area contributed by atoms with Gasteiger partial charge in [-0.1, -0.05) is 30.3 Å². The number of aromatic nitrogens is 2. The quantitative estimate of drug-likeness (QED) is 0.542. The van der Waals surface area contributed by atoms with Gasteiger partial charge < -0.3 is 9.64 Å². The fraction of sp³-hybridized carbons (Fsp3) is 0.292. The lowest BCUT2D eigenvalue weighted by molar-refractivity contribution is -0.134. The molecule has 2 aliphatic rings. The molecule has 0 aliphatic carbocycles. The Morgan fingerprint density at radius 1 is 1.12 bits per heavy atom. The molecule has 3 heterocycles. The summed E-state index contributed by atoms with van der Waals surface area (Å²) in [5.41, 5.74) is 2.13. The summed E-state index contributed by atoms with van der Waals surface area (Å²) in [7, 11) is 0. The number of ether oxygens (including phenoxy) is 1. The molecule has 2 aliphatic heterocycles. The summed E-state index contributed by atoms with van der Waals surface area (Å²) >= 11 is 0. The summed E-state index contributed by atoms with van der Waals surface area (Å²) < 4.78 is 47.7. The molecule has 10 heteroatoms. The third-order valence-corrected chi connectivity index (χ3v) is 6.21. The summed E-state index contributed by atoms with van der Waals surface area (Å²) in [6.07, 6.45) is 0.366. The molecule has 1 unspecified atom stereocenters. The number of amides is 2. The van der Waals surface area contributed by atoms with Crippen LogP contribution in [0.4, 0.5) is 23.7 Å². The molecule has 2 amide bonds. The highest BCUT2D eigenvalue weighted by molar-refractivity contribution is 5.90. The van der Waals surface area contributed by atoms with Crippen LogP contribution < -0.4 is 4.90 Å². The van der Waals surface area contributed by atoms with Crippen LogP contribution in [0, 0.1) is 17.5 Å². The number of halogens is 3. The van der Waals surface area contributed by atoms with Crippen LogP contribution in [-0.2, 0) is 29.0 Å². The number of hydrogen-bond acceptors (Lipinski definition) is 4. The summed E-state index contributed by atoms with van der Waals surface area (Å²) in [6.45, 7) is 2.68. The van der Waals surface area contributed by atoms with E-state index >= 15 is 0 Å². The van der Waals surface area contributed by atoms with E-state index in [1.54, 1.807) is 15.8 Å². The molecular formula is C24H21F3N4O3. The lowest BCUT2D eigenvalue weighted by Crippen LogP contribution is -2.46. The van der Waals surface area contributed by atoms with Crippen molar-refractivity contribution in [2.24, 2.45) is 0 Å². The first-order valence-corrected chi connectivity index (χ1v) is 10.8. The lowest BCUT2D eigenvalue weighted by Gasteiger charge is -2.35. The maximum atomic E-state index is 13.6. The van der Waals surface area contributed by atoms with Gasteiger partial charge in [0.2, 0.25) is 5.91 Å². The van der Waals surface area contributed by atoms with Crippen molar-refractivity contribution in [3.63, 3.8) is 0 Å². The van der Waals surface area contributed by atoms with Crippen molar-refractivity contribution < 1.29 is 27.5 Å². The fourth-order valence-corrected chi connectivity index (χ4v) is 4.43. The van der Waals surface area contributed by atoms with Crippen LogP contribution in [0.25, 0.3) is 0 Å². The third-order valence-electron chi connectivity index (χ3n) is 6.21. The van der Waals surface area contributed by atoms with E-state index in [9.17, 15) is 22.8 Å². The first-order valence-electron chi connectivity index (χ1n) is 10.8. The molecule has 0 radical (unpaired) electrons. The van der Waals surface area contributed by atoms with Crippen LogP contribution in [0.2, 0.25) is 0 Å². The molecule has 0 bridgehead atoms. The highest BCUT2D eigenvalue weighted by Gasteiger charge is 2.38. The van der Waals surface area contributed by atoms with Crippen molar-refractivity contribution in [3.05, 3.63) is 82.9 Å². The Bertz CT molecular complexity index is 1240. The molecule has 1 fully saturated rings. The van der Waals surface area contributed by atoms with E-state index in [2.05, 4.69) is 5.10 Å². The minimum atomic E-state index is -1.57. The molecule has 176 valence electrons. The number of nitrogens with zero attached hydrogens (tertiary/aromatic N) is 4. The van der Waals surface area contributed by atoms with Crippen LogP contribution in [0.15, 0.2) is 48.7 Å². The molecule has 0 spiro atoms. The highest BCUT2D eigenvalue weighted by atomic mass is 19.2. The largest absolute Gasteiger partial charge is 0.439 e. The van der Waals surface area contributed by atoms with Gasteiger partial charge in [-0.3, -0.25) is 14.4 Å². The smallest absolute Gasteiger partial charge is 0.415 e. The minimum absolute atomic E-state index is 0.0433. The zero-order valence-electron chi connectivity index (χ0n) is 18.2. The zero-order chi connectivity index (χ0) is 24.0. The Labute approximate surface area is 193 Å². The Hall–Kier alpha value is -3.82. The minimum Gasteiger partial charge on any atom is -0.439 e. The van der Waals surface area contributed by atoms with Crippen molar-refractivity contribution in [1.82, 2.24) is 14.7 Å². The number of rotatable bonds is 4. The second kappa shape index (κ2) is 8.51. The standard InChI is InChI=1S/C24H21F3N4O3/c1-14-11-31-20(12-29(14)22(32)9-15-7-17(25)23(27)18(26)8-15)19(10-28-31)30-13-21(34-24(30)33)16-5-3-2-4-6-16/h2-8,10,14,21H,9,11-13H2,1H3/t14-,21?/m0/s1. The van der Waals surface area contributed by atoms with E-state index in [1.165, 1.54) is 4.90 Å². The predicted octanol–water partition coefficient (Wildman–Crippen LogP) is 3.97. The molecule has 0 N–H and O–H groups in total. The first-order chi connectivity index (χ1) is 16.3. The van der Waals surface area contributed by atoms with Crippen LogP contribution in [0.1, 0.15) is 29.8 Å². The molecule has 1 saturated heterocycles. The molecule has 3 aromatic rings. The van der Waals surface area contributed by atoms with E-state index < -0.39 is 29.6 Å². The molecule has 5 rings (SSSR count). The van der Waals surface area contributed by atoms with Crippen LogP contribution in [0.5, 0.6) is 0 Å². The molecular weight excluding hydrogens is 449 g/mol. The average Bonchev–Trinajstić information content (AvgIpc) is 3.40. The topological polar surface area (TPSA) is 67.7 Å². The van der Waals surface area contributed by atoms with E-state index in [0.717, 1.165) is 17.7 Å². The monoisotopic (exact) mass is 470 g/mol. The molecule has 1 aromatic heterocycles. The van der Waals surface area contributed by atoms with E-state index in [-0.39, 0.29) is 30.5 Å². The summed E-state index contributed by atoms with van der Waals surface area (Å²) in [5.74, 6) is -4.62. The van der Waals surface area contributed by atoms with Gasteiger partial charge in [0, 0.05) is 6.04 Å². The van der Waals surface area contributed by atoms with Crippen molar-refractivity contribution in [2.45, 2.75) is 38.6 Å². The van der Waals surface area contributed by atoms with E-state index in [0.29, 0.717) is 24.5 Å². The number of anilines is 1. The lowest BCUT2D eigenvalue weighted by atomic mass is 10.1. The average molecular weight is 470 g/mol. The molecule has 0 saturated carbocycles. The van der Waals surface area contributed by atoms with Gasteiger partial charge >= 0.3 is 6.09 Å². The highest BCUT2D eigenvalue weighted by Crippen LogP contribution is 2.34. The third kappa shape index (κ3) is 3.89. The maximum Gasteiger partial charge on any atom is 0.415 e. The summed E-state index contributed by atoms with van der Waals surface area (Å²) in [4.78, 5) is 28.7. The van der Waals surface area contributed by atoms with E-state index in [4.69, 9.17) is 4.74 Å². The number of benzene rings is 2. The van der Waals surface area contributed by atoms with Gasteiger partial charge in [-0.2, -0.15) is 5.10 Å². The fourth-order valence-electron chi connectivity index (χ4n) is 4.43. The van der Waals surface area contributed by atoms with Gasteiger partial charge in [0.15, 0.2) is 17.5 Å². The number of cyclic esters (lactones) is 1. The van der Waals surface area contributed by atoms with Crippen molar-refractivity contribution in [2.75, 3.05) is 11.4 Å². The first kappa shape index (κ1) is 22.0. The van der Waals surface area contributed by atoms with Crippen molar-refractivity contribution in [3.8, 4) is 0 Å². The SMILES string of the molecule is C[C@H]1Cn2ncc(N3CC(c4ccccc4)OC3=O)c2CN1C(=O)Cc1cc(F)c(F)c(F)c1. The maximum absolute atomic E-state index is 13.6. The van der Waals surface area contributed by atoms with Gasteiger partial charge in [-0.15, -0.1) is 0 Å². The zero-order valence-corrected chi connectivity index (χ0v) is 18.2. The van der Waals surface area contributed by atoms with Gasteiger partial charge in [0.25, 0.3) is 0 Å². The van der Waals surface area contributed by atoms with E-state index in [1.807, 2.05) is 37.3 Å². The molecule has 34 heavy (non-hydrogen) atoms. The van der Waals surface area contributed by atoms with Crippen molar-refractivity contribution in [1.29, 1.82) is 0 Å². The number of carbonyl (C=O) groups is 2.